The van der Waals surface area contributed by atoms with Gasteiger partial charge in [0.05, 0.1) is 0 Å². The number of nitrogens with zero attached hydrogens (tertiary/aromatic N) is 2. The number of thioether (sulfide) groups is 1. The molecule has 15 heavy (non-hydrogen) atoms. The molecule has 84 valence electrons. The standard InChI is InChI=1S/C8H14N4OS2/c1-3-10-8(2,6(9)13)4-14-7-12-11-5-15-7/h5,10H,3-4H2,1-2H3,(H2,9,13). The van der Waals surface area contributed by atoms with E-state index in [9.17, 15) is 4.79 Å². The quantitative estimate of drug-likeness (QED) is 0.714. The van der Waals surface area contributed by atoms with E-state index in [1.165, 1.54) is 23.1 Å². The number of carbonyl (C=O) groups is 1. The van der Waals surface area contributed by atoms with Crippen molar-refractivity contribution >= 4 is 29.0 Å². The van der Waals surface area contributed by atoms with Gasteiger partial charge in [-0.1, -0.05) is 30.0 Å². The lowest BCUT2D eigenvalue weighted by Gasteiger charge is -2.25. The molecule has 1 heterocycles. The van der Waals surface area contributed by atoms with Gasteiger partial charge >= 0.3 is 0 Å². The van der Waals surface area contributed by atoms with E-state index in [2.05, 4.69) is 15.5 Å². The second kappa shape index (κ2) is 5.43. The van der Waals surface area contributed by atoms with Gasteiger partial charge in [-0.3, -0.25) is 4.79 Å². The van der Waals surface area contributed by atoms with E-state index < -0.39 is 5.54 Å². The van der Waals surface area contributed by atoms with E-state index in [-0.39, 0.29) is 5.91 Å². The number of carbonyl (C=O) groups excluding carboxylic acids is 1. The molecule has 0 saturated heterocycles. The summed E-state index contributed by atoms with van der Waals surface area (Å²) in [5.41, 5.74) is 6.32. The van der Waals surface area contributed by atoms with Gasteiger partial charge in [0.25, 0.3) is 0 Å². The third-order valence-electron chi connectivity index (χ3n) is 1.94. The van der Waals surface area contributed by atoms with Gasteiger partial charge in [0.15, 0.2) is 4.34 Å². The Labute approximate surface area is 96.8 Å². The number of likely N-dealkylation sites (N-methyl/N-ethyl adjacent to an activating group) is 1. The molecule has 1 amide bonds. The molecule has 0 aliphatic heterocycles. The number of hydrogen-bond acceptors (Lipinski definition) is 6. The van der Waals surface area contributed by atoms with Crippen LogP contribution in [-0.4, -0.2) is 33.9 Å². The molecular formula is C8H14N4OS2. The van der Waals surface area contributed by atoms with E-state index in [1.807, 2.05) is 6.92 Å². The molecule has 0 aliphatic carbocycles. The highest BCUT2D eigenvalue weighted by molar-refractivity contribution is 8.01. The molecule has 0 radical (unpaired) electrons. The summed E-state index contributed by atoms with van der Waals surface area (Å²) in [5.74, 6) is 0.215. The van der Waals surface area contributed by atoms with Gasteiger partial charge in [-0.05, 0) is 13.5 Å². The number of amides is 1. The Balaban J connectivity index is 2.56. The second-order valence-corrected chi connectivity index (χ2v) is 5.28. The maximum atomic E-state index is 11.3. The number of aromatic nitrogens is 2. The Bertz CT molecular complexity index is 316. The van der Waals surface area contributed by atoms with Crippen molar-refractivity contribution in [1.82, 2.24) is 15.5 Å². The average Bonchev–Trinajstić information content (AvgIpc) is 2.67. The third-order valence-corrected chi connectivity index (χ3v) is 4.11. The first-order valence-electron chi connectivity index (χ1n) is 4.52. The summed E-state index contributed by atoms with van der Waals surface area (Å²) in [5, 5.41) is 10.7. The second-order valence-electron chi connectivity index (χ2n) is 3.22. The molecule has 0 aromatic carbocycles. The van der Waals surface area contributed by atoms with Crippen molar-refractivity contribution in [2.24, 2.45) is 5.73 Å². The summed E-state index contributed by atoms with van der Waals surface area (Å²) < 4.78 is 0.848. The average molecular weight is 246 g/mol. The van der Waals surface area contributed by atoms with Gasteiger partial charge in [-0.25, -0.2) is 0 Å². The molecule has 0 spiro atoms. The Kier molecular flexibility index (Phi) is 4.49. The van der Waals surface area contributed by atoms with Crippen molar-refractivity contribution in [3.05, 3.63) is 5.51 Å². The normalized spacial score (nSPS) is 14.8. The van der Waals surface area contributed by atoms with E-state index in [0.29, 0.717) is 12.3 Å². The predicted octanol–water partition coefficient (Wildman–Crippen LogP) is 0.484. The van der Waals surface area contributed by atoms with Crippen LogP contribution < -0.4 is 11.1 Å². The highest BCUT2D eigenvalue weighted by atomic mass is 32.2. The molecular weight excluding hydrogens is 232 g/mol. The predicted molar refractivity (Wildman–Crippen MR) is 61.9 cm³/mol. The molecule has 1 aromatic rings. The summed E-state index contributed by atoms with van der Waals surface area (Å²) in [6.45, 7) is 4.44. The maximum Gasteiger partial charge on any atom is 0.238 e. The SMILES string of the molecule is CCNC(C)(CSc1nncs1)C(N)=O. The van der Waals surface area contributed by atoms with Gasteiger partial charge < -0.3 is 11.1 Å². The summed E-state index contributed by atoms with van der Waals surface area (Å²) >= 11 is 2.94. The lowest BCUT2D eigenvalue weighted by Crippen LogP contribution is -2.55. The highest BCUT2D eigenvalue weighted by Gasteiger charge is 2.30. The van der Waals surface area contributed by atoms with Gasteiger partial charge in [0.2, 0.25) is 5.91 Å². The lowest BCUT2D eigenvalue weighted by atomic mass is 10.1. The zero-order valence-corrected chi connectivity index (χ0v) is 10.3. The Morgan fingerprint density at radius 1 is 1.80 bits per heavy atom. The number of hydrogen-bond donors (Lipinski definition) is 2. The molecule has 1 atom stereocenters. The zero-order chi connectivity index (χ0) is 11.3. The van der Waals surface area contributed by atoms with Crippen molar-refractivity contribution in [3.8, 4) is 0 Å². The molecule has 1 rings (SSSR count). The number of nitrogens with two attached hydrogens (primary N) is 1. The number of rotatable bonds is 6. The first-order chi connectivity index (χ1) is 7.08. The van der Waals surface area contributed by atoms with E-state index in [4.69, 9.17) is 5.73 Å². The Morgan fingerprint density at radius 3 is 3.00 bits per heavy atom. The molecule has 0 aliphatic rings. The first-order valence-corrected chi connectivity index (χ1v) is 6.39. The Morgan fingerprint density at radius 2 is 2.53 bits per heavy atom. The fraction of sp³-hybridized carbons (Fsp3) is 0.625. The molecule has 5 nitrogen and oxygen atoms in total. The molecule has 1 unspecified atom stereocenters. The molecule has 0 fully saturated rings. The van der Waals surface area contributed by atoms with Crippen LogP contribution in [-0.2, 0) is 4.79 Å². The van der Waals surface area contributed by atoms with Crippen LogP contribution in [0.15, 0.2) is 9.85 Å². The van der Waals surface area contributed by atoms with Crippen LogP contribution in [0.2, 0.25) is 0 Å². The van der Waals surface area contributed by atoms with Crippen molar-refractivity contribution in [3.63, 3.8) is 0 Å². The van der Waals surface area contributed by atoms with Crippen LogP contribution in [0.25, 0.3) is 0 Å². The van der Waals surface area contributed by atoms with E-state index in [0.717, 1.165) is 4.34 Å². The topological polar surface area (TPSA) is 80.9 Å². The maximum absolute atomic E-state index is 11.3. The minimum atomic E-state index is -0.689. The van der Waals surface area contributed by atoms with Crippen molar-refractivity contribution in [2.45, 2.75) is 23.7 Å². The van der Waals surface area contributed by atoms with Gasteiger partial charge in [-0.2, -0.15) is 0 Å². The van der Waals surface area contributed by atoms with Crippen molar-refractivity contribution in [1.29, 1.82) is 0 Å². The van der Waals surface area contributed by atoms with Crippen LogP contribution in [0.5, 0.6) is 0 Å². The van der Waals surface area contributed by atoms with E-state index in [1.54, 1.807) is 12.4 Å². The minimum absolute atomic E-state index is 0.346. The summed E-state index contributed by atoms with van der Waals surface area (Å²) in [6.07, 6.45) is 0. The summed E-state index contributed by atoms with van der Waals surface area (Å²) in [6, 6.07) is 0. The van der Waals surface area contributed by atoms with Gasteiger partial charge in [-0.15, -0.1) is 10.2 Å². The molecule has 0 saturated carbocycles. The Hall–Kier alpha value is -0.660. The van der Waals surface area contributed by atoms with Crippen molar-refractivity contribution < 1.29 is 4.79 Å². The van der Waals surface area contributed by atoms with E-state index >= 15 is 0 Å². The molecule has 0 bridgehead atoms. The highest BCUT2D eigenvalue weighted by Crippen LogP contribution is 2.23. The van der Waals surface area contributed by atoms with Crippen LogP contribution >= 0.6 is 23.1 Å². The largest absolute Gasteiger partial charge is 0.368 e. The molecule has 3 N–H and O–H groups in total. The summed E-state index contributed by atoms with van der Waals surface area (Å²) in [7, 11) is 0. The smallest absolute Gasteiger partial charge is 0.238 e. The summed E-state index contributed by atoms with van der Waals surface area (Å²) in [4.78, 5) is 11.3. The van der Waals surface area contributed by atoms with Crippen LogP contribution in [0, 0.1) is 0 Å². The minimum Gasteiger partial charge on any atom is -0.368 e. The fourth-order valence-corrected chi connectivity index (χ4v) is 2.65. The molecule has 1 aromatic heterocycles. The zero-order valence-electron chi connectivity index (χ0n) is 8.69. The number of primary amides is 1. The van der Waals surface area contributed by atoms with Crippen molar-refractivity contribution in [2.75, 3.05) is 12.3 Å². The van der Waals surface area contributed by atoms with Crippen LogP contribution in [0.4, 0.5) is 0 Å². The monoisotopic (exact) mass is 246 g/mol. The number of nitrogens with one attached hydrogen (secondary N) is 1. The van der Waals surface area contributed by atoms with Crippen LogP contribution in [0.1, 0.15) is 13.8 Å². The lowest BCUT2D eigenvalue weighted by molar-refractivity contribution is -0.122. The molecule has 7 heteroatoms. The van der Waals surface area contributed by atoms with Gasteiger partial charge in [0, 0.05) is 5.75 Å². The first kappa shape index (κ1) is 12.4. The van der Waals surface area contributed by atoms with Crippen LogP contribution in [0.3, 0.4) is 0 Å². The van der Waals surface area contributed by atoms with Gasteiger partial charge in [0.1, 0.15) is 11.0 Å². The third kappa shape index (κ3) is 3.44. The fourth-order valence-electron chi connectivity index (χ4n) is 1.03.